The first-order chi connectivity index (χ1) is 18.4. The number of benzene rings is 1. The van der Waals surface area contributed by atoms with Gasteiger partial charge in [-0.1, -0.05) is 6.07 Å². The van der Waals surface area contributed by atoms with Gasteiger partial charge >= 0.3 is 5.97 Å². The number of fused-ring (bicyclic) bond motifs is 2. The first-order valence-corrected chi connectivity index (χ1v) is 12.0. The summed E-state index contributed by atoms with van der Waals surface area (Å²) in [6.07, 6.45) is 2.91. The van der Waals surface area contributed by atoms with Crippen LogP contribution in [0.1, 0.15) is 40.5 Å². The summed E-state index contributed by atoms with van der Waals surface area (Å²) < 4.78 is 14.0. The number of nitro groups is 1. The van der Waals surface area contributed by atoms with Crippen LogP contribution in [-0.2, 0) is 16.0 Å². The Balaban J connectivity index is 1.81. The van der Waals surface area contributed by atoms with Gasteiger partial charge in [-0.2, -0.15) is 4.99 Å². The Morgan fingerprint density at radius 2 is 2.03 bits per heavy atom. The second-order valence-corrected chi connectivity index (χ2v) is 8.65. The van der Waals surface area contributed by atoms with E-state index in [0.717, 1.165) is 12.8 Å². The fraction of sp³-hybridized carbons (Fsp3) is 0.269. The molecular formula is C26H23N5O7. The molecule has 194 valence electrons. The zero-order valence-corrected chi connectivity index (χ0v) is 20.4. The van der Waals surface area contributed by atoms with Gasteiger partial charge in [-0.25, -0.2) is 9.78 Å². The number of ether oxygens (including phenoxy) is 2. The summed E-state index contributed by atoms with van der Waals surface area (Å²) in [5.41, 5.74) is 0.00246. The average Bonchev–Trinajstić information content (AvgIpc) is 3.43. The maximum atomic E-state index is 13.4. The third-order valence-corrected chi connectivity index (χ3v) is 6.23. The minimum absolute atomic E-state index is 0.0398. The van der Waals surface area contributed by atoms with Gasteiger partial charge in [0.1, 0.15) is 16.9 Å². The number of aromatic nitrogens is 3. The second kappa shape index (κ2) is 10.3. The monoisotopic (exact) mass is 517 g/mol. The first-order valence-electron chi connectivity index (χ1n) is 12.0. The van der Waals surface area contributed by atoms with E-state index in [4.69, 9.17) is 9.47 Å². The van der Waals surface area contributed by atoms with E-state index in [0.29, 0.717) is 12.3 Å². The van der Waals surface area contributed by atoms with Gasteiger partial charge in [0.15, 0.2) is 5.49 Å². The molecule has 0 radical (unpaired) electrons. The van der Waals surface area contributed by atoms with Crippen molar-refractivity contribution in [2.24, 2.45) is 4.99 Å². The van der Waals surface area contributed by atoms with E-state index in [-0.39, 0.29) is 52.6 Å². The molecule has 5 rings (SSSR count). The summed E-state index contributed by atoms with van der Waals surface area (Å²) in [4.78, 5) is 59.1. The normalized spacial score (nSPS) is 15.7. The minimum Gasteiger partial charge on any atom is -0.462 e. The third-order valence-electron chi connectivity index (χ3n) is 6.23. The molecule has 0 spiro atoms. The molecular weight excluding hydrogens is 494 g/mol. The number of non-ortho nitro benzene ring substituents is 1. The van der Waals surface area contributed by atoms with E-state index >= 15 is 0 Å². The number of hydrogen-bond acceptors (Lipinski definition) is 8. The van der Waals surface area contributed by atoms with E-state index < -0.39 is 22.4 Å². The van der Waals surface area contributed by atoms with Crippen molar-refractivity contribution in [3.63, 3.8) is 0 Å². The molecule has 38 heavy (non-hydrogen) atoms. The maximum absolute atomic E-state index is 13.4. The number of carbonyl (C=O) groups excluding carboxylic acids is 2. The topological polar surface area (TPSA) is 147 Å². The quantitative estimate of drug-likeness (QED) is 0.164. The Kier molecular flexibility index (Phi) is 6.79. The van der Waals surface area contributed by atoms with Gasteiger partial charge in [0.2, 0.25) is 0 Å². The molecule has 1 amide bonds. The van der Waals surface area contributed by atoms with E-state index in [1.165, 1.54) is 34.7 Å². The standard InChI is InChI=1S/C26H23N5O7/c1-2-37-26(34)20-14-19-22(27-21-7-3-4-12-29(21)25(19)33)30(15-18-6-5-13-38-18)23(20)28-24(32)16-8-10-17(11-9-16)31(35)36/h3-4,7-12,14,18H,2,5-6,13,15H2,1H3. The summed E-state index contributed by atoms with van der Waals surface area (Å²) in [5, 5.41) is 11.2. The molecule has 1 saturated heterocycles. The van der Waals surface area contributed by atoms with Gasteiger partial charge in [-0.05, 0) is 50.1 Å². The van der Waals surface area contributed by atoms with Gasteiger partial charge in [-0.3, -0.25) is 24.1 Å². The number of amides is 1. The van der Waals surface area contributed by atoms with Crippen LogP contribution in [0.15, 0.2) is 64.5 Å². The molecule has 0 N–H and O–H groups in total. The molecule has 0 bridgehead atoms. The van der Waals surface area contributed by atoms with Crippen LogP contribution in [-0.4, -0.2) is 50.1 Å². The molecule has 4 heterocycles. The Morgan fingerprint density at radius 1 is 1.24 bits per heavy atom. The zero-order valence-electron chi connectivity index (χ0n) is 20.4. The summed E-state index contributed by atoms with van der Waals surface area (Å²) in [6.45, 7) is 2.45. The third kappa shape index (κ3) is 4.68. The lowest BCUT2D eigenvalue weighted by Gasteiger charge is -2.18. The smallest absolute Gasteiger partial charge is 0.341 e. The van der Waals surface area contributed by atoms with Crippen LogP contribution in [0.2, 0.25) is 0 Å². The summed E-state index contributed by atoms with van der Waals surface area (Å²) >= 11 is 0. The molecule has 12 nitrogen and oxygen atoms in total. The Morgan fingerprint density at radius 3 is 2.71 bits per heavy atom. The highest BCUT2D eigenvalue weighted by Crippen LogP contribution is 2.18. The predicted molar refractivity (Wildman–Crippen MR) is 135 cm³/mol. The van der Waals surface area contributed by atoms with Crippen LogP contribution in [0.3, 0.4) is 0 Å². The van der Waals surface area contributed by atoms with Crippen molar-refractivity contribution in [2.45, 2.75) is 32.4 Å². The molecule has 1 unspecified atom stereocenters. The fourth-order valence-electron chi connectivity index (χ4n) is 4.41. The Bertz CT molecular complexity index is 1700. The van der Waals surface area contributed by atoms with Gasteiger partial charge in [0.25, 0.3) is 17.2 Å². The number of nitrogens with zero attached hydrogens (tertiary/aromatic N) is 5. The van der Waals surface area contributed by atoms with Gasteiger partial charge in [0, 0.05) is 30.5 Å². The number of nitro benzene ring substituents is 1. The summed E-state index contributed by atoms with van der Waals surface area (Å²) in [6, 6.07) is 11.4. The number of esters is 1. The fourth-order valence-corrected chi connectivity index (χ4v) is 4.41. The van der Waals surface area contributed by atoms with Crippen LogP contribution < -0.4 is 11.0 Å². The predicted octanol–water partition coefficient (Wildman–Crippen LogP) is 2.65. The Labute approximate surface area is 214 Å². The average molecular weight is 517 g/mol. The van der Waals surface area contributed by atoms with E-state index in [1.54, 1.807) is 35.9 Å². The molecule has 12 heteroatoms. The maximum Gasteiger partial charge on any atom is 0.341 e. The summed E-state index contributed by atoms with van der Waals surface area (Å²) in [7, 11) is 0. The molecule has 1 aliphatic heterocycles. The largest absolute Gasteiger partial charge is 0.462 e. The van der Waals surface area contributed by atoms with E-state index in [2.05, 4.69) is 9.98 Å². The zero-order chi connectivity index (χ0) is 26.8. The van der Waals surface area contributed by atoms with Crippen LogP contribution in [0, 0.1) is 10.1 Å². The lowest BCUT2D eigenvalue weighted by atomic mass is 10.1. The van der Waals surface area contributed by atoms with Crippen LogP contribution in [0.4, 0.5) is 5.69 Å². The molecule has 4 aromatic rings. The van der Waals surface area contributed by atoms with Gasteiger partial charge < -0.3 is 14.0 Å². The molecule has 1 atom stereocenters. The summed E-state index contributed by atoms with van der Waals surface area (Å²) in [5.74, 6) is -1.49. The van der Waals surface area contributed by atoms with Crippen molar-refractivity contribution in [1.82, 2.24) is 14.0 Å². The number of carbonyl (C=O) groups is 2. The lowest BCUT2D eigenvalue weighted by molar-refractivity contribution is -0.384. The molecule has 0 saturated carbocycles. The van der Waals surface area contributed by atoms with Crippen LogP contribution in [0.25, 0.3) is 16.7 Å². The van der Waals surface area contributed by atoms with Crippen LogP contribution in [0.5, 0.6) is 0 Å². The van der Waals surface area contributed by atoms with E-state index in [1.807, 2.05) is 0 Å². The first kappa shape index (κ1) is 25.0. The van der Waals surface area contributed by atoms with Gasteiger partial charge in [0.05, 0.1) is 29.6 Å². The molecule has 3 aromatic heterocycles. The van der Waals surface area contributed by atoms with Crippen molar-refractivity contribution < 1.29 is 24.0 Å². The number of rotatable bonds is 6. The van der Waals surface area contributed by atoms with Gasteiger partial charge in [-0.15, -0.1) is 0 Å². The molecule has 1 fully saturated rings. The molecule has 0 aliphatic carbocycles. The molecule has 1 aromatic carbocycles. The van der Waals surface area contributed by atoms with Crippen molar-refractivity contribution in [3.05, 3.63) is 91.8 Å². The molecule has 1 aliphatic rings. The Hall–Kier alpha value is -4.71. The highest BCUT2D eigenvalue weighted by Gasteiger charge is 2.24. The number of hydrogen-bond donors (Lipinski definition) is 0. The van der Waals surface area contributed by atoms with E-state index in [9.17, 15) is 24.5 Å². The minimum atomic E-state index is -0.761. The SMILES string of the molecule is CCOC(=O)c1cc2c(=O)n3ccccc3nc2n(CC2CCCO2)c1=NC(=O)c1ccc([N+](=O)[O-])cc1. The lowest BCUT2D eigenvalue weighted by Crippen LogP contribution is -2.35. The van der Waals surface area contributed by atoms with Crippen molar-refractivity contribution in [1.29, 1.82) is 0 Å². The van der Waals surface area contributed by atoms with Crippen molar-refractivity contribution >= 4 is 34.2 Å². The highest BCUT2D eigenvalue weighted by molar-refractivity contribution is 5.97. The van der Waals surface area contributed by atoms with Crippen LogP contribution >= 0.6 is 0 Å². The second-order valence-electron chi connectivity index (χ2n) is 8.65. The van der Waals surface area contributed by atoms with Crippen molar-refractivity contribution in [3.8, 4) is 0 Å². The number of pyridine rings is 2. The van der Waals surface area contributed by atoms with Crippen molar-refractivity contribution in [2.75, 3.05) is 13.2 Å². The highest BCUT2D eigenvalue weighted by atomic mass is 16.6.